The molecule has 156 valence electrons. The van der Waals surface area contributed by atoms with E-state index in [0.717, 1.165) is 55.5 Å². The SMILES string of the molecule is CCNC(=NCCN(C(C)C)C(C)C)NCCNc1ncnc2c1cnn2C. The van der Waals surface area contributed by atoms with Crippen molar-refractivity contribution in [3.05, 3.63) is 12.5 Å². The number of aryl methyl sites for hydroxylation is 1. The number of guanidine groups is 1. The first-order valence-electron chi connectivity index (χ1n) is 10.1. The standard InChI is InChI=1S/C19H35N9/c1-7-20-19(23-10-11-28(14(2)3)15(4)5)22-9-8-21-17-16-12-26-27(6)18(16)25-13-24-17/h12-15H,7-11H2,1-6H3,(H2,20,22,23)(H,21,24,25). The van der Waals surface area contributed by atoms with Gasteiger partial charge in [-0.1, -0.05) is 0 Å². The molecule has 0 fully saturated rings. The van der Waals surface area contributed by atoms with Gasteiger partial charge < -0.3 is 16.0 Å². The summed E-state index contributed by atoms with van der Waals surface area (Å²) in [5.74, 6) is 1.64. The smallest absolute Gasteiger partial charge is 0.191 e. The van der Waals surface area contributed by atoms with Crippen molar-refractivity contribution < 1.29 is 0 Å². The summed E-state index contributed by atoms with van der Waals surface area (Å²) in [7, 11) is 1.87. The molecule has 0 aliphatic rings. The van der Waals surface area contributed by atoms with Crippen molar-refractivity contribution in [3.8, 4) is 0 Å². The summed E-state index contributed by atoms with van der Waals surface area (Å²) in [6, 6.07) is 1.04. The Kier molecular flexibility index (Phi) is 8.43. The molecule has 0 saturated heterocycles. The lowest BCUT2D eigenvalue weighted by Gasteiger charge is -2.29. The van der Waals surface area contributed by atoms with E-state index in [1.165, 1.54) is 0 Å². The molecule has 3 N–H and O–H groups in total. The molecule has 2 aromatic heterocycles. The average molecular weight is 390 g/mol. The molecule has 0 saturated carbocycles. The fraction of sp³-hybridized carbons (Fsp3) is 0.684. The Hall–Kier alpha value is -2.42. The van der Waals surface area contributed by atoms with E-state index in [4.69, 9.17) is 4.99 Å². The molecule has 0 bridgehead atoms. The zero-order valence-electron chi connectivity index (χ0n) is 18.0. The number of hydrogen-bond donors (Lipinski definition) is 3. The van der Waals surface area contributed by atoms with Gasteiger partial charge >= 0.3 is 0 Å². The summed E-state index contributed by atoms with van der Waals surface area (Å²) >= 11 is 0. The van der Waals surface area contributed by atoms with Crippen molar-refractivity contribution in [2.75, 3.05) is 38.0 Å². The van der Waals surface area contributed by atoms with Crippen LogP contribution in [0.3, 0.4) is 0 Å². The number of hydrogen-bond acceptors (Lipinski definition) is 6. The van der Waals surface area contributed by atoms with Gasteiger partial charge in [-0.25, -0.2) is 9.97 Å². The van der Waals surface area contributed by atoms with Gasteiger partial charge in [0.05, 0.1) is 18.1 Å². The molecule has 0 aromatic carbocycles. The van der Waals surface area contributed by atoms with Crippen LogP contribution in [0, 0.1) is 0 Å². The van der Waals surface area contributed by atoms with Crippen LogP contribution in [0.5, 0.6) is 0 Å². The van der Waals surface area contributed by atoms with E-state index in [0.29, 0.717) is 12.1 Å². The van der Waals surface area contributed by atoms with Crippen LogP contribution >= 0.6 is 0 Å². The topological polar surface area (TPSA) is 95.3 Å². The Labute approximate surface area is 168 Å². The van der Waals surface area contributed by atoms with Crippen molar-refractivity contribution in [1.29, 1.82) is 0 Å². The highest BCUT2D eigenvalue weighted by atomic mass is 15.3. The zero-order valence-corrected chi connectivity index (χ0v) is 18.0. The highest BCUT2D eigenvalue weighted by Gasteiger charge is 2.12. The van der Waals surface area contributed by atoms with Gasteiger partial charge in [0.15, 0.2) is 11.6 Å². The molecule has 0 unspecified atom stereocenters. The predicted molar refractivity (Wildman–Crippen MR) is 116 cm³/mol. The van der Waals surface area contributed by atoms with Crippen LogP contribution in [0.25, 0.3) is 11.0 Å². The monoisotopic (exact) mass is 389 g/mol. The maximum absolute atomic E-state index is 4.70. The maximum Gasteiger partial charge on any atom is 0.191 e. The first kappa shape index (κ1) is 21.9. The average Bonchev–Trinajstić information content (AvgIpc) is 3.03. The number of nitrogens with one attached hydrogen (secondary N) is 3. The molecular formula is C19H35N9. The predicted octanol–water partition coefficient (Wildman–Crippen LogP) is 1.45. The summed E-state index contributed by atoms with van der Waals surface area (Å²) in [5.41, 5.74) is 0.820. The largest absolute Gasteiger partial charge is 0.368 e. The second kappa shape index (κ2) is 10.8. The van der Waals surface area contributed by atoms with Gasteiger partial charge in [-0.2, -0.15) is 5.10 Å². The number of aliphatic imine (C=N–C) groups is 1. The lowest BCUT2D eigenvalue weighted by molar-refractivity contribution is 0.181. The molecule has 28 heavy (non-hydrogen) atoms. The van der Waals surface area contributed by atoms with Gasteiger partial charge in [0.2, 0.25) is 0 Å². The number of aromatic nitrogens is 4. The highest BCUT2D eigenvalue weighted by Crippen LogP contribution is 2.16. The van der Waals surface area contributed by atoms with Gasteiger partial charge in [-0.3, -0.25) is 14.6 Å². The first-order chi connectivity index (χ1) is 13.4. The first-order valence-corrected chi connectivity index (χ1v) is 10.1. The minimum atomic E-state index is 0.520. The summed E-state index contributed by atoms with van der Waals surface area (Å²) in [6.07, 6.45) is 3.34. The third kappa shape index (κ3) is 6.05. The normalized spacial score (nSPS) is 12.4. The second-order valence-electron chi connectivity index (χ2n) is 7.27. The van der Waals surface area contributed by atoms with Crippen LogP contribution in [0.15, 0.2) is 17.5 Å². The summed E-state index contributed by atoms with van der Waals surface area (Å²) < 4.78 is 1.74. The fourth-order valence-electron chi connectivity index (χ4n) is 3.20. The van der Waals surface area contributed by atoms with E-state index < -0.39 is 0 Å². The summed E-state index contributed by atoms with van der Waals surface area (Å²) in [5, 5.41) is 15.2. The van der Waals surface area contributed by atoms with Crippen LogP contribution in [-0.4, -0.2) is 75.4 Å². The molecule has 2 heterocycles. The minimum absolute atomic E-state index is 0.520. The Bertz CT molecular complexity index is 743. The molecular weight excluding hydrogens is 354 g/mol. The van der Waals surface area contributed by atoms with Gasteiger partial charge in [0.25, 0.3) is 0 Å². The molecule has 0 aliphatic heterocycles. The third-order valence-electron chi connectivity index (χ3n) is 4.54. The van der Waals surface area contributed by atoms with E-state index in [9.17, 15) is 0 Å². The molecule has 0 aliphatic carbocycles. The zero-order chi connectivity index (χ0) is 20.5. The molecule has 2 rings (SSSR count). The van der Waals surface area contributed by atoms with E-state index >= 15 is 0 Å². The number of fused-ring (bicyclic) bond motifs is 1. The van der Waals surface area contributed by atoms with Crippen LogP contribution in [-0.2, 0) is 7.05 Å². The van der Waals surface area contributed by atoms with Crippen LogP contribution < -0.4 is 16.0 Å². The van der Waals surface area contributed by atoms with E-state index in [1.807, 2.05) is 7.05 Å². The van der Waals surface area contributed by atoms with Crippen molar-refractivity contribution in [1.82, 2.24) is 35.3 Å². The quantitative estimate of drug-likeness (QED) is 0.322. The van der Waals surface area contributed by atoms with E-state index in [-0.39, 0.29) is 0 Å². The summed E-state index contributed by atoms with van der Waals surface area (Å²) in [4.78, 5) is 15.7. The lowest BCUT2D eigenvalue weighted by Crippen LogP contribution is -2.41. The number of anilines is 1. The summed E-state index contributed by atoms with van der Waals surface area (Å²) in [6.45, 7) is 15.0. The van der Waals surface area contributed by atoms with Crippen molar-refractivity contribution >= 4 is 22.8 Å². The van der Waals surface area contributed by atoms with Gasteiger partial charge in [-0.05, 0) is 34.6 Å². The third-order valence-corrected chi connectivity index (χ3v) is 4.54. The highest BCUT2D eigenvalue weighted by molar-refractivity contribution is 5.86. The van der Waals surface area contributed by atoms with E-state index in [2.05, 4.69) is 70.5 Å². The van der Waals surface area contributed by atoms with Gasteiger partial charge in [0, 0.05) is 45.3 Å². The Morgan fingerprint density at radius 3 is 2.57 bits per heavy atom. The van der Waals surface area contributed by atoms with Crippen molar-refractivity contribution in [2.24, 2.45) is 12.0 Å². The fourth-order valence-corrected chi connectivity index (χ4v) is 3.20. The minimum Gasteiger partial charge on any atom is -0.368 e. The number of nitrogens with zero attached hydrogens (tertiary/aromatic N) is 6. The van der Waals surface area contributed by atoms with E-state index in [1.54, 1.807) is 17.2 Å². The van der Waals surface area contributed by atoms with Gasteiger partial charge in [0.1, 0.15) is 12.1 Å². The van der Waals surface area contributed by atoms with Crippen molar-refractivity contribution in [3.63, 3.8) is 0 Å². The Morgan fingerprint density at radius 1 is 1.14 bits per heavy atom. The molecule has 0 radical (unpaired) electrons. The van der Waals surface area contributed by atoms with Crippen LogP contribution in [0.1, 0.15) is 34.6 Å². The Balaban J connectivity index is 1.83. The second-order valence-corrected chi connectivity index (χ2v) is 7.27. The Morgan fingerprint density at radius 2 is 1.89 bits per heavy atom. The number of rotatable bonds is 10. The molecule has 0 amide bonds. The molecule has 9 heteroatoms. The van der Waals surface area contributed by atoms with Gasteiger partial charge in [-0.15, -0.1) is 0 Å². The maximum atomic E-state index is 4.70. The molecule has 9 nitrogen and oxygen atoms in total. The molecule has 2 aromatic rings. The molecule has 0 atom stereocenters. The van der Waals surface area contributed by atoms with Crippen molar-refractivity contribution in [2.45, 2.75) is 46.7 Å². The van der Waals surface area contributed by atoms with Crippen LogP contribution in [0.2, 0.25) is 0 Å². The molecule has 0 spiro atoms. The van der Waals surface area contributed by atoms with Crippen LogP contribution in [0.4, 0.5) is 5.82 Å². The lowest BCUT2D eigenvalue weighted by atomic mass is 10.2.